The Morgan fingerprint density at radius 1 is 0.938 bits per heavy atom. The van der Waals surface area contributed by atoms with Gasteiger partial charge in [-0.3, -0.25) is 0 Å². The molecule has 98 valence electrons. The Labute approximate surface area is 96.6 Å². The molecule has 6 nitrogen and oxygen atoms in total. The Bertz CT molecular complexity index is 136. The maximum absolute atomic E-state index is 9.06. The predicted octanol–water partition coefficient (Wildman–Crippen LogP) is -0.998. The van der Waals surface area contributed by atoms with Crippen LogP contribution in [-0.4, -0.2) is 71.1 Å². The number of hydrogen-bond acceptors (Lipinski definition) is 6. The van der Waals surface area contributed by atoms with E-state index in [0.717, 1.165) is 0 Å². The normalized spacial score (nSPS) is 12.9. The topological polar surface area (TPSA) is 83.2 Å². The summed E-state index contributed by atoms with van der Waals surface area (Å²) in [6.45, 7) is 3.68. The molecule has 0 bridgehead atoms. The second-order valence-corrected chi connectivity index (χ2v) is 3.18. The number of rotatable bonds is 12. The lowest BCUT2D eigenvalue weighted by Gasteiger charge is -2.09. The molecule has 0 aromatic rings. The highest BCUT2D eigenvalue weighted by molar-refractivity contribution is 4.51. The summed E-state index contributed by atoms with van der Waals surface area (Å²) in [6, 6.07) is 0. The van der Waals surface area contributed by atoms with E-state index < -0.39 is 6.10 Å². The van der Waals surface area contributed by atoms with Crippen LogP contribution in [0.3, 0.4) is 0 Å². The molecule has 0 spiro atoms. The number of aliphatic hydroxyl groups is 1. The van der Waals surface area contributed by atoms with Gasteiger partial charge >= 0.3 is 0 Å². The molecule has 16 heavy (non-hydrogen) atoms. The van der Waals surface area contributed by atoms with Crippen molar-refractivity contribution in [2.45, 2.75) is 6.10 Å². The van der Waals surface area contributed by atoms with E-state index in [2.05, 4.69) is 0 Å². The zero-order valence-electron chi connectivity index (χ0n) is 9.89. The van der Waals surface area contributed by atoms with Gasteiger partial charge in [-0.15, -0.1) is 0 Å². The van der Waals surface area contributed by atoms with Crippen molar-refractivity contribution in [1.82, 2.24) is 0 Å². The van der Waals surface area contributed by atoms with Crippen LogP contribution in [0.5, 0.6) is 0 Å². The molecule has 0 aliphatic rings. The van der Waals surface area contributed by atoms with Gasteiger partial charge in [-0.1, -0.05) is 0 Å². The van der Waals surface area contributed by atoms with Crippen LogP contribution in [-0.2, 0) is 18.9 Å². The fourth-order valence-corrected chi connectivity index (χ4v) is 0.869. The summed E-state index contributed by atoms with van der Waals surface area (Å²) in [5, 5.41) is 9.06. The number of aliphatic hydroxyl groups excluding tert-OH is 1. The van der Waals surface area contributed by atoms with Crippen molar-refractivity contribution >= 4 is 0 Å². The van der Waals surface area contributed by atoms with E-state index in [1.54, 1.807) is 7.11 Å². The van der Waals surface area contributed by atoms with Gasteiger partial charge in [0, 0.05) is 13.7 Å². The van der Waals surface area contributed by atoms with E-state index in [-0.39, 0.29) is 13.2 Å². The third kappa shape index (κ3) is 11.8. The van der Waals surface area contributed by atoms with Crippen LogP contribution in [0, 0.1) is 0 Å². The molecular formula is C10H23NO5. The first-order chi connectivity index (χ1) is 7.81. The molecule has 1 atom stereocenters. The van der Waals surface area contributed by atoms with Gasteiger partial charge in [0.2, 0.25) is 0 Å². The molecular weight excluding hydrogens is 214 g/mol. The fourth-order valence-electron chi connectivity index (χ4n) is 0.869. The van der Waals surface area contributed by atoms with Crippen LogP contribution in [0.1, 0.15) is 0 Å². The van der Waals surface area contributed by atoms with E-state index in [0.29, 0.717) is 39.6 Å². The molecule has 0 radical (unpaired) electrons. The van der Waals surface area contributed by atoms with Crippen LogP contribution in [0.4, 0.5) is 0 Å². The minimum atomic E-state index is -0.586. The second-order valence-electron chi connectivity index (χ2n) is 3.18. The Morgan fingerprint density at radius 3 is 1.94 bits per heavy atom. The second kappa shape index (κ2) is 12.8. The van der Waals surface area contributed by atoms with E-state index >= 15 is 0 Å². The van der Waals surface area contributed by atoms with Crippen LogP contribution < -0.4 is 5.73 Å². The lowest BCUT2D eigenvalue weighted by Crippen LogP contribution is -2.26. The average Bonchev–Trinajstić information content (AvgIpc) is 2.31. The van der Waals surface area contributed by atoms with E-state index in [1.807, 2.05) is 0 Å². The first-order valence-electron chi connectivity index (χ1n) is 5.41. The molecule has 0 amide bonds. The molecule has 0 aliphatic carbocycles. The molecule has 0 rings (SSSR count). The fraction of sp³-hybridized carbons (Fsp3) is 1.00. The van der Waals surface area contributed by atoms with Gasteiger partial charge in [-0.2, -0.15) is 0 Å². The molecule has 0 fully saturated rings. The maximum atomic E-state index is 9.06. The Hall–Kier alpha value is -0.240. The molecule has 0 aromatic heterocycles. The number of hydrogen-bond donors (Lipinski definition) is 2. The van der Waals surface area contributed by atoms with Crippen molar-refractivity contribution in [3.05, 3.63) is 0 Å². The quantitative estimate of drug-likeness (QED) is 0.424. The monoisotopic (exact) mass is 237 g/mol. The summed E-state index contributed by atoms with van der Waals surface area (Å²) in [4.78, 5) is 0. The van der Waals surface area contributed by atoms with E-state index in [9.17, 15) is 0 Å². The smallest absolute Gasteiger partial charge is 0.0895 e. The SMILES string of the molecule is COCCOCCOCCOCC(O)CN. The Morgan fingerprint density at radius 2 is 1.44 bits per heavy atom. The summed E-state index contributed by atoms with van der Waals surface area (Å²) < 4.78 is 20.3. The highest BCUT2D eigenvalue weighted by atomic mass is 16.6. The van der Waals surface area contributed by atoms with E-state index in [1.165, 1.54) is 0 Å². The molecule has 0 saturated carbocycles. The molecule has 0 saturated heterocycles. The van der Waals surface area contributed by atoms with Gasteiger partial charge in [-0.25, -0.2) is 0 Å². The van der Waals surface area contributed by atoms with Gasteiger partial charge in [0.25, 0.3) is 0 Å². The van der Waals surface area contributed by atoms with Gasteiger partial charge in [0.05, 0.1) is 52.4 Å². The van der Waals surface area contributed by atoms with Crippen LogP contribution in [0.25, 0.3) is 0 Å². The first-order valence-corrected chi connectivity index (χ1v) is 5.41. The predicted molar refractivity (Wildman–Crippen MR) is 59.4 cm³/mol. The molecule has 0 aromatic carbocycles. The zero-order valence-corrected chi connectivity index (χ0v) is 9.89. The molecule has 0 aliphatic heterocycles. The van der Waals surface area contributed by atoms with E-state index in [4.69, 9.17) is 29.8 Å². The highest BCUT2D eigenvalue weighted by Crippen LogP contribution is 1.84. The summed E-state index contributed by atoms with van der Waals surface area (Å²) in [6.07, 6.45) is -0.586. The Kier molecular flexibility index (Phi) is 12.6. The van der Waals surface area contributed by atoms with Gasteiger partial charge in [-0.05, 0) is 0 Å². The van der Waals surface area contributed by atoms with Crippen molar-refractivity contribution in [3.63, 3.8) is 0 Å². The third-order valence-corrected chi connectivity index (χ3v) is 1.76. The number of nitrogens with two attached hydrogens (primary N) is 1. The standard InChI is InChI=1S/C10H23NO5/c1-13-2-3-14-4-5-15-6-7-16-9-10(12)8-11/h10,12H,2-9,11H2,1H3. The zero-order chi connectivity index (χ0) is 12.1. The van der Waals surface area contributed by atoms with Crippen molar-refractivity contribution in [3.8, 4) is 0 Å². The van der Waals surface area contributed by atoms with Crippen molar-refractivity contribution in [2.24, 2.45) is 5.73 Å². The highest BCUT2D eigenvalue weighted by Gasteiger charge is 1.99. The van der Waals surface area contributed by atoms with Crippen molar-refractivity contribution in [1.29, 1.82) is 0 Å². The molecule has 6 heteroatoms. The van der Waals surface area contributed by atoms with Crippen LogP contribution >= 0.6 is 0 Å². The minimum absolute atomic E-state index is 0.216. The largest absolute Gasteiger partial charge is 0.389 e. The molecule has 3 N–H and O–H groups in total. The van der Waals surface area contributed by atoms with Crippen molar-refractivity contribution in [2.75, 3.05) is 59.9 Å². The van der Waals surface area contributed by atoms with Crippen LogP contribution in [0.15, 0.2) is 0 Å². The summed E-state index contributed by atoms with van der Waals surface area (Å²) >= 11 is 0. The average molecular weight is 237 g/mol. The first kappa shape index (κ1) is 15.8. The number of ether oxygens (including phenoxy) is 4. The maximum Gasteiger partial charge on any atom is 0.0895 e. The van der Waals surface area contributed by atoms with Crippen LogP contribution in [0.2, 0.25) is 0 Å². The molecule has 0 heterocycles. The summed E-state index contributed by atoms with van der Waals surface area (Å²) in [5.41, 5.74) is 5.20. The number of methoxy groups -OCH3 is 1. The summed E-state index contributed by atoms with van der Waals surface area (Å²) in [5.74, 6) is 0. The minimum Gasteiger partial charge on any atom is -0.389 e. The van der Waals surface area contributed by atoms with Crippen molar-refractivity contribution < 1.29 is 24.1 Å². The Balaban J connectivity index is 2.93. The lowest BCUT2D eigenvalue weighted by atomic mass is 10.4. The van der Waals surface area contributed by atoms with Gasteiger partial charge in [0.1, 0.15) is 0 Å². The van der Waals surface area contributed by atoms with Gasteiger partial charge < -0.3 is 29.8 Å². The summed E-state index contributed by atoms with van der Waals surface area (Å²) in [7, 11) is 1.63. The lowest BCUT2D eigenvalue weighted by molar-refractivity contribution is -0.0127. The molecule has 1 unspecified atom stereocenters. The van der Waals surface area contributed by atoms with Gasteiger partial charge in [0.15, 0.2) is 0 Å². The third-order valence-electron chi connectivity index (χ3n) is 1.76.